The number of hydrogen-bond donors (Lipinski definition) is 2. The highest BCUT2D eigenvalue weighted by Crippen LogP contribution is 2.21. The van der Waals surface area contributed by atoms with Gasteiger partial charge in [0.15, 0.2) is 0 Å². The molecule has 0 atom stereocenters. The van der Waals surface area contributed by atoms with Gasteiger partial charge < -0.3 is 10.6 Å². The fraction of sp³-hybridized carbons (Fsp3) is 0.278. The zero-order chi connectivity index (χ0) is 16.8. The van der Waals surface area contributed by atoms with Crippen molar-refractivity contribution in [2.75, 3.05) is 17.2 Å². The number of para-hydroxylation sites is 2. The predicted molar refractivity (Wildman–Crippen MR) is 88.7 cm³/mol. The van der Waals surface area contributed by atoms with E-state index in [-0.39, 0.29) is 24.6 Å². The third kappa shape index (κ3) is 4.28. The smallest absolute Gasteiger partial charge is 0.226 e. The van der Waals surface area contributed by atoms with Gasteiger partial charge in [-0.25, -0.2) is 8.78 Å². The van der Waals surface area contributed by atoms with Crippen LogP contribution in [-0.4, -0.2) is 12.5 Å². The lowest BCUT2D eigenvalue weighted by Gasteiger charge is -2.13. The van der Waals surface area contributed by atoms with Gasteiger partial charge in [-0.05, 0) is 36.6 Å². The number of anilines is 2. The van der Waals surface area contributed by atoms with E-state index in [1.807, 2.05) is 32.0 Å². The Balaban J connectivity index is 1.94. The lowest BCUT2D eigenvalue weighted by Crippen LogP contribution is -2.18. The normalized spacial score (nSPS) is 10.4. The predicted octanol–water partition coefficient (Wildman–Crippen LogP) is 4.28. The molecule has 23 heavy (non-hydrogen) atoms. The topological polar surface area (TPSA) is 41.1 Å². The highest BCUT2D eigenvalue weighted by Gasteiger charge is 2.10. The third-order valence-corrected chi connectivity index (χ3v) is 3.62. The van der Waals surface area contributed by atoms with Gasteiger partial charge >= 0.3 is 0 Å². The Bertz CT molecular complexity index is 681. The molecule has 0 heterocycles. The summed E-state index contributed by atoms with van der Waals surface area (Å²) in [6.45, 7) is 4.10. The highest BCUT2D eigenvalue weighted by atomic mass is 19.1. The molecule has 3 nitrogen and oxygen atoms in total. The van der Waals surface area contributed by atoms with Gasteiger partial charge in [-0.3, -0.25) is 4.79 Å². The van der Waals surface area contributed by atoms with Crippen LogP contribution in [0.25, 0.3) is 0 Å². The number of carbonyl (C=O) groups is 1. The molecule has 122 valence electrons. The molecule has 2 aromatic carbocycles. The molecule has 1 amide bonds. The summed E-state index contributed by atoms with van der Waals surface area (Å²) in [5.41, 5.74) is 2.67. The second kappa shape index (κ2) is 7.72. The highest BCUT2D eigenvalue weighted by molar-refractivity contribution is 5.92. The molecule has 5 heteroatoms. The number of amides is 1. The molecular weight excluding hydrogens is 298 g/mol. The lowest BCUT2D eigenvalue weighted by atomic mass is 10.1. The van der Waals surface area contributed by atoms with Crippen molar-refractivity contribution in [2.45, 2.75) is 26.7 Å². The fourth-order valence-corrected chi connectivity index (χ4v) is 2.37. The largest absolute Gasteiger partial charge is 0.380 e. The van der Waals surface area contributed by atoms with Crippen LogP contribution in [-0.2, 0) is 11.2 Å². The second-order valence-corrected chi connectivity index (χ2v) is 5.28. The number of carbonyl (C=O) groups excluding carboxylic acids is 1. The Morgan fingerprint density at radius 1 is 1.04 bits per heavy atom. The summed E-state index contributed by atoms with van der Waals surface area (Å²) in [6, 6.07) is 9.50. The summed E-state index contributed by atoms with van der Waals surface area (Å²) in [5, 5.41) is 5.51. The molecule has 0 radical (unpaired) electrons. The fourth-order valence-electron chi connectivity index (χ4n) is 2.37. The van der Waals surface area contributed by atoms with Crippen molar-refractivity contribution in [3.8, 4) is 0 Å². The molecule has 0 saturated carbocycles. The average molecular weight is 318 g/mol. The standard InChI is InChI=1S/C18H20F2N2O/c1-3-13-7-4-6-12(2)17(13)22-16(23)10-11-21-18-14(19)8-5-9-15(18)20/h4-9,21H,3,10-11H2,1-2H3,(H,22,23). The molecule has 0 aliphatic rings. The van der Waals surface area contributed by atoms with Crippen molar-refractivity contribution in [3.05, 3.63) is 59.2 Å². The maximum Gasteiger partial charge on any atom is 0.226 e. The van der Waals surface area contributed by atoms with Crippen LogP contribution in [0.5, 0.6) is 0 Å². The van der Waals surface area contributed by atoms with E-state index < -0.39 is 11.6 Å². The number of hydrogen-bond acceptors (Lipinski definition) is 2. The van der Waals surface area contributed by atoms with E-state index in [0.29, 0.717) is 0 Å². The first kappa shape index (κ1) is 16.9. The number of benzene rings is 2. The minimum atomic E-state index is -0.669. The van der Waals surface area contributed by atoms with Gasteiger partial charge in [-0.15, -0.1) is 0 Å². The minimum Gasteiger partial charge on any atom is -0.380 e. The number of rotatable bonds is 6. The van der Waals surface area contributed by atoms with E-state index in [9.17, 15) is 13.6 Å². The summed E-state index contributed by atoms with van der Waals surface area (Å²) >= 11 is 0. The first-order chi connectivity index (χ1) is 11.0. The summed E-state index contributed by atoms with van der Waals surface area (Å²) in [4.78, 5) is 12.1. The Morgan fingerprint density at radius 3 is 2.35 bits per heavy atom. The van der Waals surface area contributed by atoms with Crippen LogP contribution in [0.2, 0.25) is 0 Å². The van der Waals surface area contributed by atoms with Gasteiger partial charge in [0.25, 0.3) is 0 Å². The molecule has 0 aliphatic carbocycles. The van der Waals surface area contributed by atoms with Gasteiger partial charge in [0.1, 0.15) is 17.3 Å². The monoisotopic (exact) mass is 318 g/mol. The van der Waals surface area contributed by atoms with Crippen molar-refractivity contribution in [2.24, 2.45) is 0 Å². The SMILES string of the molecule is CCc1cccc(C)c1NC(=O)CCNc1c(F)cccc1F. The van der Waals surface area contributed by atoms with Crippen LogP contribution in [0.15, 0.2) is 36.4 Å². The summed E-state index contributed by atoms with van der Waals surface area (Å²) in [7, 11) is 0. The van der Waals surface area contributed by atoms with Crippen LogP contribution < -0.4 is 10.6 Å². The van der Waals surface area contributed by atoms with Crippen LogP contribution in [0, 0.1) is 18.6 Å². The first-order valence-electron chi connectivity index (χ1n) is 7.59. The maximum atomic E-state index is 13.5. The number of aryl methyl sites for hydroxylation is 2. The number of halogens is 2. The van der Waals surface area contributed by atoms with E-state index in [4.69, 9.17) is 0 Å². The van der Waals surface area contributed by atoms with Crippen LogP contribution in [0.3, 0.4) is 0 Å². The molecule has 0 aromatic heterocycles. The van der Waals surface area contributed by atoms with Crippen molar-refractivity contribution in [1.82, 2.24) is 0 Å². The summed E-state index contributed by atoms with van der Waals surface area (Å²) in [6.07, 6.45) is 0.932. The van der Waals surface area contributed by atoms with E-state index in [1.165, 1.54) is 18.2 Å². The van der Waals surface area contributed by atoms with Gasteiger partial charge in [-0.1, -0.05) is 31.2 Å². The Kier molecular flexibility index (Phi) is 5.68. The molecule has 0 unspecified atom stereocenters. The molecule has 0 saturated heterocycles. The van der Waals surface area contributed by atoms with E-state index >= 15 is 0 Å². The van der Waals surface area contributed by atoms with Gasteiger partial charge in [0.05, 0.1) is 0 Å². The molecular formula is C18H20F2N2O. The zero-order valence-corrected chi connectivity index (χ0v) is 13.2. The molecule has 2 N–H and O–H groups in total. The molecule has 0 spiro atoms. The summed E-state index contributed by atoms with van der Waals surface area (Å²) < 4.78 is 26.9. The molecule has 0 bridgehead atoms. The molecule has 2 aromatic rings. The van der Waals surface area contributed by atoms with Crippen molar-refractivity contribution in [1.29, 1.82) is 0 Å². The van der Waals surface area contributed by atoms with E-state index in [0.717, 1.165) is 23.2 Å². The maximum absolute atomic E-state index is 13.5. The van der Waals surface area contributed by atoms with Crippen LogP contribution in [0.1, 0.15) is 24.5 Å². The Labute approximate surface area is 134 Å². The van der Waals surface area contributed by atoms with Gasteiger partial charge in [0, 0.05) is 18.7 Å². The molecule has 0 aliphatic heterocycles. The van der Waals surface area contributed by atoms with Gasteiger partial charge in [-0.2, -0.15) is 0 Å². The number of nitrogens with one attached hydrogen (secondary N) is 2. The van der Waals surface area contributed by atoms with Gasteiger partial charge in [0.2, 0.25) is 5.91 Å². The van der Waals surface area contributed by atoms with Crippen LogP contribution in [0.4, 0.5) is 20.2 Å². The van der Waals surface area contributed by atoms with Crippen molar-refractivity contribution >= 4 is 17.3 Å². The zero-order valence-electron chi connectivity index (χ0n) is 13.2. The second-order valence-electron chi connectivity index (χ2n) is 5.28. The quantitative estimate of drug-likeness (QED) is 0.835. The molecule has 0 fully saturated rings. The van der Waals surface area contributed by atoms with E-state index in [1.54, 1.807) is 0 Å². The Morgan fingerprint density at radius 2 is 1.70 bits per heavy atom. The first-order valence-corrected chi connectivity index (χ1v) is 7.59. The third-order valence-electron chi connectivity index (χ3n) is 3.62. The lowest BCUT2D eigenvalue weighted by molar-refractivity contribution is -0.116. The van der Waals surface area contributed by atoms with Crippen molar-refractivity contribution < 1.29 is 13.6 Å². The minimum absolute atomic E-state index is 0.116. The Hall–Kier alpha value is -2.43. The summed E-state index contributed by atoms with van der Waals surface area (Å²) in [5.74, 6) is -1.53. The average Bonchev–Trinajstić information content (AvgIpc) is 2.52. The molecule has 2 rings (SSSR count). The van der Waals surface area contributed by atoms with E-state index in [2.05, 4.69) is 10.6 Å². The van der Waals surface area contributed by atoms with Crippen LogP contribution >= 0.6 is 0 Å². The van der Waals surface area contributed by atoms with Crippen molar-refractivity contribution in [3.63, 3.8) is 0 Å².